The molecule has 1 heterocycles. The van der Waals surface area contributed by atoms with Gasteiger partial charge >= 0.3 is 0 Å². The highest BCUT2D eigenvalue weighted by Gasteiger charge is 2.11. The molecule has 3 aromatic rings. The first-order valence-corrected chi connectivity index (χ1v) is 10.2. The Kier molecular flexibility index (Phi) is 7.42. The van der Waals surface area contributed by atoms with Crippen LogP contribution in [0.4, 0.5) is 0 Å². The number of aromatic nitrogens is 2. The predicted octanol–water partition coefficient (Wildman–Crippen LogP) is 5.55. The highest BCUT2D eigenvalue weighted by Crippen LogP contribution is 2.36. The molecule has 0 saturated heterocycles. The number of carbonyl (C=O) groups excluding carboxylic acids is 1. The van der Waals surface area contributed by atoms with Gasteiger partial charge in [0.05, 0.1) is 15.7 Å². The maximum absolute atomic E-state index is 12.4. The van der Waals surface area contributed by atoms with Gasteiger partial charge in [-0.05, 0) is 49.2 Å². The smallest absolute Gasteiger partial charge is 0.251 e. The standard InChI is InChI=1S/C21H20Cl3N3O2/c1-14-6-9-27(26-14)8-3-7-25-21(28)16-5-2-4-15(10-16)13-29-20-18(23)11-17(22)12-19(20)24/h2,4-6,9-12H,3,7-8,13H2,1H3,(H,25,28). The van der Waals surface area contributed by atoms with Crippen molar-refractivity contribution < 1.29 is 9.53 Å². The molecular weight excluding hydrogens is 433 g/mol. The minimum absolute atomic E-state index is 0.133. The van der Waals surface area contributed by atoms with E-state index in [1.54, 1.807) is 24.3 Å². The first kappa shape index (κ1) is 21.5. The Morgan fingerprint density at radius 2 is 1.90 bits per heavy atom. The van der Waals surface area contributed by atoms with Crippen LogP contribution in [0.5, 0.6) is 5.75 Å². The second-order valence-corrected chi connectivity index (χ2v) is 7.77. The number of amides is 1. The van der Waals surface area contributed by atoms with E-state index in [1.807, 2.05) is 36.0 Å². The van der Waals surface area contributed by atoms with Crippen molar-refractivity contribution in [3.63, 3.8) is 0 Å². The third kappa shape index (κ3) is 6.13. The van der Waals surface area contributed by atoms with Crippen molar-refractivity contribution in [3.05, 3.63) is 80.6 Å². The zero-order chi connectivity index (χ0) is 20.8. The molecule has 0 spiro atoms. The predicted molar refractivity (Wildman–Crippen MR) is 116 cm³/mol. The second kappa shape index (κ2) is 10.0. The third-order valence-electron chi connectivity index (χ3n) is 4.16. The summed E-state index contributed by atoms with van der Waals surface area (Å²) in [6, 6.07) is 12.3. The van der Waals surface area contributed by atoms with Gasteiger partial charge in [0.25, 0.3) is 5.91 Å². The third-order valence-corrected chi connectivity index (χ3v) is 4.94. The molecule has 1 aromatic heterocycles. The largest absolute Gasteiger partial charge is 0.486 e. The molecule has 29 heavy (non-hydrogen) atoms. The fourth-order valence-corrected chi connectivity index (χ4v) is 3.68. The lowest BCUT2D eigenvalue weighted by atomic mass is 10.1. The zero-order valence-corrected chi connectivity index (χ0v) is 18.1. The van der Waals surface area contributed by atoms with Gasteiger partial charge in [-0.15, -0.1) is 0 Å². The molecule has 0 atom stereocenters. The molecule has 1 N–H and O–H groups in total. The van der Waals surface area contributed by atoms with Crippen LogP contribution in [0.2, 0.25) is 15.1 Å². The monoisotopic (exact) mass is 451 g/mol. The molecule has 0 radical (unpaired) electrons. The number of carbonyl (C=O) groups is 1. The van der Waals surface area contributed by atoms with Crippen LogP contribution in [0.3, 0.4) is 0 Å². The van der Waals surface area contributed by atoms with Gasteiger partial charge < -0.3 is 10.1 Å². The Morgan fingerprint density at radius 3 is 2.59 bits per heavy atom. The molecule has 0 saturated carbocycles. The maximum Gasteiger partial charge on any atom is 0.251 e. The van der Waals surface area contributed by atoms with Crippen molar-refractivity contribution in [3.8, 4) is 5.75 Å². The quantitative estimate of drug-likeness (QED) is 0.456. The normalized spacial score (nSPS) is 10.8. The summed E-state index contributed by atoms with van der Waals surface area (Å²) < 4.78 is 7.60. The Labute approximate surface area is 184 Å². The first-order valence-electron chi connectivity index (χ1n) is 9.07. The Balaban J connectivity index is 1.52. The number of aryl methyl sites for hydroxylation is 2. The van der Waals surface area contributed by atoms with E-state index in [2.05, 4.69) is 10.4 Å². The van der Waals surface area contributed by atoms with Crippen LogP contribution in [0.15, 0.2) is 48.7 Å². The lowest BCUT2D eigenvalue weighted by Gasteiger charge is -2.11. The second-order valence-electron chi connectivity index (χ2n) is 6.52. The van der Waals surface area contributed by atoms with E-state index >= 15 is 0 Å². The fourth-order valence-electron chi connectivity index (χ4n) is 2.76. The SMILES string of the molecule is Cc1ccn(CCCNC(=O)c2cccc(COc3c(Cl)cc(Cl)cc3Cl)c2)n1. The molecule has 1 amide bonds. The van der Waals surface area contributed by atoms with E-state index in [0.29, 0.717) is 32.9 Å². The molecule has 0 aliphatic heterocycles. The Hall–Kier alpha value is -2.21. The van der Waals surface area contributed by atoms with Crippen LogP contribution < -0.4 is 10.1 Å². The van der Waals surface area contributed by atoms with Crippen LogP contribution in [-0.4, -0.2) is 22.2 Å². The highest BCUT2D eigenvalue weighted by atomic mass is 35.5. The summed E-state index contributed by atoms with van der Waals surface area (Å²) >= 11 is 18.2. The van der Waals surface area contributed by atoms with Gasteiger partial charge in [0.15, 0.2) is 5.75 Å². The summed E-state index contributed by atoms with van der Waals surface area (Å²) in [6.45, 7) is 3.49. The number of nitrogens with one attached hydrogen (secondary N) is 1. The van der Waals surface area contributed by atoms with Gasteiger partial charge in [0, 0.05) is 29.9 Å². The summed E-state index contributed by atoms with van der Waals surface area (Å²) in [4.78, 5) is 12.4. The van der Waals surface area contributed by atoms with E-state index in [0.717, 1.165) is 24.2 Å². The summed E-state index contributed by atoms with van der Waals surface area (Å²) in [5.74, 6) is 0.229. The molecule has 152 valence electrons. The Bertz CT molecular complexity index is 981. The van der Waals surface area contributed by atoms with Crippen LogP contribution in [0.1, 0.15) is 28.0 Å². The van der Waals surface area contributed by atoms with Crippen molar-refractivity contribution >= 4 is 40.7 Å². The first-order chi connectivity index (χ1) is 13.9. The lowest BCUT2D eigenvalue weighted by Crippen LogP contribution is -2.25. The van der Waals surface area contributed by atoms with Gasteiger partial charge in [0.1, 0.15) is 6.61 Å². The molecule has 3 rings (SSSR count). The maximum atomic E-state index is 12.4. The van der Waals surface area contributed by atoms with Crippen LogP contribution in [-0.2, 0) is 13.2 Å². The van der Waals surface area contributed by atoms with Gasteiger partial charge in [-0.25, -0.2) is 0 Å². The van der Waals surface area contributed by atoms with E-state index < -0.39 is 0 Å². The van der Waals surface area contributed by atoms with Crippen molar-refractivity contribution in [2.45, 2.75) is 26.5 Å². The van der Waals surface area contributed by atoms with Crippen LogP contribution in [0, 0.1) is 6.92 Å². The summed E-state index contributed by atoms with van der Waals surface area (Å²) in [5.41, 5.74) is 2.37. The van der Waals surface area contributed by atoms with Crippen molar-refractivity contribution in [2.75, 3.05) is 6.54 Å². The number of hydrogen-bond donors (Lipinski definition) is 1. The average molecular weight is 453 g/mol. The van der Waals surface area contributed by atoms with Crippen molar-refractivity contribution in [2.24, 2.45) is 0 Å². The van der Waals surface area contributed by atoms with Gasteiger partial charge in [-0.3, -0.25) is 9.48 Å². The van der Waals surface area contributed by atoms with E-state index in [-0.39, 0.29) is 12.5 Å². The van der Waals surface area contributed by atoms with Crippen molar-refractivity contribution in [1.82, 2.24) is 15.1 Å². The fraction of sp³-hybridized carbons (Fsp3) is 0.238. The molecule has 0 unspecified atom stereocenters. The summed E-state index contributed by atoms with van der Waals surface area (Å²) in [7, 11) is 0. The van der Waals surface area contributed by atoms with Gasteiger partial charge in [-0.1, -0.05) is 46.9 Å². The Morgan fingerprint density at radius 1 is 1.14 bits per heavy atom. The zero-order valence-electron chi connectivity index (χ0n) is 15.8. The molecule has 0 fully saturated rings. The van der Waals surface area contributed by atoms with E-state index in [1.165, 1.54) is 0 Å². The molecule has 0 aliphatic rings. The molecule has 8 heteroatoms. The van der Waals surface area contributed by atoms with Crippen LogP contribution >= 0.6 is 34.8 Å². The minimum atomic E-state index is -0.133. The summed E-state index contributed by atoms with van der Waals surface area (Å²) in [6.07, 6.45) is 2.73. The van der Waals surface area contributed by atoms with E-state index in [4.69, 9.17) is 39.5 Å². The molecular formula is C21H20Cl3N3O2. The number of benzene rings is 2. The average Bonchev–Trinajstić information content (AvgIpc) is 3.09. The molecule has 5 nitrogen and oxygen atoms in total. The topological polar surface area (TPSA) is 56.2 Å². The highest BCUT2D eigenvalue weighted by molar-refractivity contribution is 6.40. The number of hydrogen-bond acceptors (Lipinski definition) is 3. The number of nitrogens with zero attached hydrogens (tertiary/aromatic N) is 2. The van der Waals surface area contributed by atoms with E-state index in [9.17, 15) is 4.79 Å². The molecule has 2 aromatic carbocycles. The van der Waals surface area contributed by atoms with Gasteiger partial charge in [-0.2, -0.15) is 5.10 Å². The van der Waals surface area contributed by atoms with Gasteiger partial charge in [0.2, 0.25) is 0 Å². The molecule has 0 aliphatic carbocycles. The summed E-state index contributed by atoms with van der Waals surface area (Å²) in [5, 5.41) is 8.36. The number of halogens is 3. The minimum Gasteiger partial charge on any atom is -0.486 e. The number of ether oxygens (including phenoxy) is 1. The van der Waals surface area contributed by atoms with Crippen LogP contribution in [0.25, 0.3) is 0 Å². The lowest BCUT2D eigenvalue weighted by molar-refractivity contribution is 0.0952. The number of rotatable bonds is 8. The van der Waals surface area contributed by atoms with Crippen molar-refractivity contribution in [1.29, 1.82) is 0 Å². The molecule has 0 bridgehead atoms.